The van der Waals surface area contributed by atoms with Crippen LogP contribution in [0.5, 0.6) is 0 Å². The Bertz CT molecular complexity index is 296. The van der Waals surface area contributed by atoms with Gasteiger partial charge in [0.15, 0.2) is 0 Å². The number of imidazole rings is 1. The average molecular weight is 225 g/mol. The van der Waals surface area contributed by atoms with Crippen LogP contribution < -0.4 is 5.32 Å². The fourth-order valence-electron chi connectivity index (χ4n) is 1.85. The van der Waals surface area contributed by atoms with E-state index in [1.807, 2.05) is 12.4 Å². The molecule has 0 amide bonds. The highest BCUT2D eigenvalue weighted by molar-refractivity contribution is 4.91. The first-order valence-electron chi connectivity index (χ1n) is 6.04. The second-order valence-corrected chi connectivity index (χ2v) is 4.38. The predicted molar refractivity (Wildman–Crippen MR) is 65.4 cm³/mol. The Morgan fingerprint density at radius 3 is 2.81 bits per heavy atom. The van der Waals surface area contributed by atoms with Gasteiger partial charge in [-0.15, -0.1) is 0 Å². The van der Waals surface area contributed by atoms with Crippen LogP contribution in [0.3, 0.4) is 0 Å². The molecular weight excluding hydrogens is 202 g/mol. The second-order valence-electron chi connectivity index (χ2n) is 4.38. The van der Waals surface area contributed by atoms with Crippen LogP contribution in [0.25, 0.3) is 0 Å². The Labute approximate surface area is 97.7 Å². The molecule has 0 aromatic carbocycles. The van der Waals surface area contributed by atoms with Gasteiger partial charge in [0.1, 0.15) is 5.82 Å². The highest BCUT2D eigenvalue weighted by atomic mass is 16.3. The van der Waals surface area contributed by atoms with E-state index < -0.39 is 0 Å². The number of aryl methyl sites for hydroxylation is 2. The SMILES string of the molecule is CCc1nccn1CCC(CO)NC(C)C. The Balaban J connectivity index is 2.43. The van der Waals surface area contributed by atoms with Crippen molar-refractivity contribution < 1.29 is 5.11 Å². The van der Waals surface area contributed by atoms with E-state index in [1.165, 1.54) is 0 Å². The molecule has 0 aliphatic heterocycles. The van der Waals surface area contributed by atoms with Crippen molar-refractivity contribution in [3.8, 4) is 0 Å². The van der Waals surface area contributed by atoms with E-state index in [9.17, 15) is 5.11 Å². The maximum atomic E-state index is 9.24. The third-order valence-corrected chi connectivity index (χ3v) is 2.63. The van der Waals surface area contributed by atoms with Gasteiger partial charge in [-0.05, 0) is 6.42 Å². The lowest BCUT2D eigenvalue weighted by atomic mass is 10.2. The van der Waals surface area contributed by atoms with Gasteiger partial charge in [-0.3, -0.25) is 0 Å². The van der Waals surface area contributed by atoms with Crippen LogP contribution in [-0.2, 0) is 13.0 Å². The van der Waals surface area contributed by atoms with Crippen LogP contribution in [-0.4, -0.2) is 33.3 Å². The molecule has 1 aromatic rings. The number of hydrogen-bond acceptors (Lipinski definition) is 3. The first kappa shape index (κ1) is 13.2. The van der Waals surface area contributed by atoms with Gasteiger partial charge in [0.2, 0.25) is 0 Å². The molecule has 1 unspecified atom stereocenters. The Morgan fingerprint density at radius 1 is 1.50 bits per heavy atom. The minimum atomic E-state index is 0.173. The quantitative estimate of drug-likeness (QED) is 0.733. The van der Waals surface area contributed by atoms with Gasteiger partial charge >= 0.3 is 0 Å². The summed E-state index contributed by atoms with van der Waals surface area (Å²) < 4.78 is 2.16. The van der Waals surface area contributed by atoms with E-state index in [0.29, 0.717) is 6.04 Å². The molecule has 1 atom stereocenters. The van der Waals surface area contributed by atoms with Gasteiger partial charge in [-0.1, -0.05) is 20.8 Å². The van der Waals surface area contributed by atoms with E-state index >= 15 is 0 Å². The molecule has 0 bridgehead atoms. The molecule has 0 aliphatic carbocycles. The molecule has 0 fully saturated rings. The smallest absolute Gasteiger partial charge is 0.108 e. The number of rotatable bonds is 7. The molecule has 1 aromatic heterocycles. The highest BCUT2D eigenvalue weighted by Gasteiger charge is 2.09. The van der Waals surface area contributed by atoms with Gasteiger partial charge in [0.05, 0.1) is 6.61 Å². The Morgan fingerprint density at radius 2 is 2.25 bits per heavy atom. The molecule has 2 N–H and O–H groups in total. The standard InChI is InChI=1S/C12H23N3O/c1-4-12-13-6-8-15(12)7-5-11(9-16)14-10(2)3/h6,8,10-11,14,16H,4-5,7,9H2,1-3H3. The van der Waals surface area contributed by atoms with Crippen LogP contribution in [0.4, 0.5) is 0 Å². The second kappa shape index (κ2) is 6.66. The summed E-state index contributed by atoms with van der Waals surface area (Å²) in [6.07, 6.45) is 5.72. The minimum absolute atomic E-state index is 0.173. The van der Waals surface area contributed by atoms with Crippen molar-refractivity contribution in [2.45, 2.75) is 52.2 Å². The van der Waals surface area contributed by atoms with Gasteiger partial charge in [-0.25, -0.2) is 4.98 Å². The summed E-state index contributed by atoms with van der Waals surface area (Å²) in [4.78, 5) is 4.28. The number of aliphatic hydroxyl groups excluding tert-OH is 1. The lowest BCUT2D eigenvalue weighted by molar-refractivity contribution is 0.223. The van der Waals surface area contributed by atoms with Crippen molar-refractivity contribution >= 4 is 0 Å². The molecular formula is C12H23N3O. The third-order valence-electron chi connectivity index (χ3n) is 2.63. The Hall–Kier alpha value is -0.870. The molecule has 0 saturated heterocycles. The van der Waals surface area contributed by atoms with Crippen LogP contribution in [0.15, 0.2) is 12.4 Å². The molecule has 16 heavy (non-hydrogen) atoms. The summed E-state index contributed by atoms with van der Waals surface area (Å²) in [5.74, 6) is 1.11. The Kier molecular flexibility index (Phi) is 5.49. The van der Waals surface area contributed by atoms with Crippen LogP contribution in [0.2, 0.25) is 0 Å². The van der Waals surface area contributed by atoms with Gasteiger partial charge in [0.25, 0.3) is 0 Å². The molecule has 0 radical (unpaired) electrons. The van der Waals surface area contributed by atoms with Crippen molar-refractivity contribution in [1.29, 1.82) is 0 Å². The van der Waals surface area contributed by atoms with Gasteiger partial charge in [0, 0.05) is 37.4 Å². The third kappa shape index (κ3) is 3.94. The zero-order valence-electron chi connectivity index (χ0n) is 10.5. The first-order chi connectivity index (χ1) is 7.67. The first-order valence-corrected chi connectivity index (χ1v) is 6.04. The summed E-state index contributed by atoms with van der Waals surface area (Å²) >= 11 is 0. The summed E-state index contributed by atoms with van der Waals surface area (Å²) in [6, 6.07) is 0.581. The van der Waals surface area contributed by atoms with Gasteiger partial charge in [-0.2, -0.15) is 0 Å². The summed E-state index contributed by atoms with van der Waals surface area (Å²) in [5, 5.41) is 12.6. The molecule has 1 heterocycles. The average Bonchev–Trinajstić information content (AvgIpc) is 2.70. The molecule has 0 aliphatic rings. The van der Waals surface area contributed by atoms with Crippen molar-refractivity contribution in [2.24, 2.45) is 0 Å². The fraction of sp³-hybridized carbons (Fsp3) is 0.750. The number of hydrogen-bond donors (Lipinski definition) is 2. The van der Waals surface area contributed by atoms with Gasteiger partial charge < -0.3 is 15.0 Å². The maximum absolute atomic E-state index is 9.24. The largest absolute Gasteiger partial charge is 0.395 e. The topological polar surface area (TPSA) is 50.1 Å². The predicted octanol–water partition coefficient (Wildman–Crippen LogP) is 1.19. The van der Waals surface area contributed by atoms with E-state index in [4.69, 9.17) is 0 Å². The van der Waals surface area contributed by atoms with Crippen molar-refractivity contribution in [3.05, 3.63) is 18.2 Å². The van der Waals surface area contributed by atoms with Crippen molar-refractivity contribution in [1.82, 2.24) is 14.9 Å². The fourth-order valence-corrected chi connectivity index (χ4v) is 1.85. The molecule has 1 rings (SSSR count). The van der Waals surface area contributed by atoms with Crippen molar-refractivity contribution in [2.75, 3.05) is 6.61 Å². The van der Waals surface area contributed by atoms with E-state index in [0.717, 1.165) is 25.2 Å². The number of aliphatic hydroxyl groups is 1. The lowest BCUT2D eigenvalue weighted by Crippen LogP contribution is -2.38. The van der Waals surface area contributed by atoms with Crippen LogP contribution in [0, 0.1) is 0 Å². The number of aromatic nitrogens is 2. The number of nitrogens with zero attached hydrogens (tertiary/aromatic N) is 2. The number of nitrogens with one attached hydrogen (secondary N) is 1. The van der Waals surface area contributed by atoms with Crippen molar-refractivity contribution in [3.63, 3.8) is 0 Å². The monoisotopic (exact) mass is 225 g/mol. The van der Waals surface area contributed by atoms with Crippen LogP contribution in [0.1, 0.15) is 33.0 Å². The molecule has 4 heteroatoms. The summed E-state index contributed by atoms with van der Waals surface area (Å²) in [7, 11) is 0. The normalized spacial score (nSPS) is 13.3. The van der Waals surface area contributed by atoms with E-state index in [2.05, 4.69) is 35.6 Å². The lowest BCUT2D eigenvalue weighted by Gasteiger charge is -2.19. The molecule has 0 spiro atoms. The van der Waals surface area contributed by atoms with E-state index in [1.54, 1.807) is 0 Å². The molecule has 4 nitrogen and oxygen atoms in total. The maximum Gasteiger partial charge on any atom is 0.108 e. The zero-order chi connectivity index (χ0) is 12.0. The summed E-state index contributed by atoms with van der Waals surface area (Å²) in [6.45, 7) is 7.39. The highest BCUT2D eigenvalue weighted by Crippen LogP contribution is 2.03. The zero-order valence-corrected chi connectivity index (χ0v) is 10.5. The van der Waals surface area contributed by atoms with E-state index in [-0.39, 0.29) is 12.6 Å². The molecule has 0 saturated carbocycles. The minimum Gasteiger partial charge on any atom is -0.395 e. The summed E-state index contributed by atoms with van der Waals surface area (Å²) in [5.41, 5.74) is 0. The molecule has 92 valence electrons. The van der Waals surface area contributed by atoms with Crippen LogP contribution >= 0.6 is 0 Å².